The number of aromatic nitrogens is 3. The summed E-state index contributed by atoms with van der Waals surface area (Å²) in [6.45, 7) is 0.398. The summed E-state index contributed by atoms with van der Waals surface area (Å²) in [5, 5.41) is 10.5. The van der Waals surface area contributed by atoms with Gasteiger partial charge in [-0.25, -0.2) is 9.59 Å². The zero-order valence-electron chi connectivity index (χ0n) is 14.1. The lowest BCUT2D eigenvalue weighted by atomic mass is 10.0. The normalized spacial score (nSPS) is 17.3. The SMILES string of the molecule is COC(=O)C1CCCCN1C(=O)Cn1ncc(NC(=O)N(C)C)n1. The number of likely N-dealkylation sites (tertiary alicyclic amines) is 1. The summed E-state index contributed by atoms with van der Waals surface area (Å²) < 4.78 is 4.77. The maximum absolute atomic E-state index is 12.5. The molecule has 1 aromatic rings. The van der Waals surface area contributed by atoms with Crippen LogP contribution in [0.15, 0.2) is 6.20 Å². The van der Waals surface area contributed by atoms with Gasteiger partial charge in [0.15, 0.2) is 5.82 Å². The van der Waals surface area contributed by atoms with Crippen LogP contribution in [-0.4, -0.2) is 76.5 Å². The second-order valence-corrected chi connectivity index (χ2v) is 5.71. The third-order valence-corrected chi connectivity index (χ3v) is 3.75. The quantitative estimate of drug-likeness (QED) is 0.769. The van der Waals surface area contributed by atoms with Crippen LogP contribution in [0.3, 0.4) is 0 Å². The maximum atomic E-state index is 12.5. The summed E-state index contributed by atoms with van der Waals surface area (Å²) in [5.74, 6) is -0.411. The van der Waals surface area contributed by atoms with Crippen LogP contribution in [-0.2, 0) is 20.9 Å². The number of anilines is 1. The van der Waals surface area contributed by atoms with Gasteiger partial charge < -0.3 is 14.5 Å². The fourth-order valence-electron chi connectivity index (χ4n) is 2.48. The highest BCUT2D eigenvalue weighted by Gasteiger charge is 2.33. The van der Waals surface area contributed by atoms with Crippen molar-refractivity contribution in [3.63, 3.8) is 0 Å². The molecule has 0 bridgehead atoms. The van der Waals surface area contributed by atoms with Crippen molar-refractivity contribution in [2.75, 3.05) is 33.1 Å². The van der Waals surface area contributed by atoms with Gasteiger partial charge in [-0.15, -0.1) is 5.10 Å². The van der Waals surface area contributed by atoms with E-state index in [9.17, 15) is 14.4 Å². The average molecular weight is 338 g/mol. The van der Waals surface area contributed by atoms with Gasteiger partial charge in [-0.2, -0.15) is 9.90 Å². The van der Waals surface area contributed by atoms with Gasteiger partial charge in [0, 0.05) is 20.6 Å². The molecule has 1 unspecified atom stereocenters. The molecule has 1 aliphatic heterocycles. The van der Waals surface area contributed by atoms with Crippen LogP contribution in [0.5, 0.6) is 0 Å². The average Bonchev–Trinajstić information content (AvgIpc) is 3.00. The number of amides is 3. The van der Waals surface area contributed by atoms with Crippen LogP contribution in [0.2, 0.25) is 0 Å². The molecule has 1 saturated heterocycles. The van der Waals surface area contributed by atoms with E-state index < -0.39 is 12.0 Å². The summed E-state index contributed by atoms with van der Waals surface area (Å²) in [4.78, 5) is 39.9. The second kappa shape index (κ2) is 7.75. The Morgan fingerprint density at radius 3 is 2.79 bits per heavy atom. The topological polar surface area (TPSA) is 110 Å². The molecule has 1 fully saturated rings. The van der Waals surface area contributed by atoms with E-state index in [2.05, 4.69) is 15.5 Å². The smallest absolute Gasteiger partial charge is 0.328 e. The van der Waals surface area contributed by atoms with Crippen molar-refractivity contribution in [1.29, 1.82) is 0 Å². The van der Waals surface area contributed by atoms with Gasteiger partial charge in [-0.05, 0) is 19.3 Å². The van der Waals surface area contributed by atoms with E-state index >= 15 is 0 Å². The largest absolute Gasteiger partial charge is 0.467 e. The number of rotatable bonds is 4. The number of methoxy groups -OCH3 is 1. The molecule has 10 nitrogen and oxygen atoms in total. The van der Waals surface area contributed by atoms with Gasteiger partial charge >= 0.3 is 12.0 Å². The van der Waals surface area contributed by atoms with Crippen molar-refractivity contribution < 1.29 is 19.1 Å². The van der Waals surface area contributed by atoms with E-state index in [1.165, 1.54) is 27.9 Å². The molecule has 2 rings (SSSR count). The molecule has 2 heterocycles. The Balaban J connectivity index is 1.99. The molecule has 1 N–H and O–H groups in total. The molecule has 0 radical (unpaired) electrons. The molecule has 10 heteroatoms. The van der Waals surface area contributed by atoms with Crippen molar-refractivity contribution in [3.05, 3.63) is 6.20 Å². The number of urea groups is 1. The lowest BCUT2D eigenvalue weighted by molar-refractivity contribution is -0.155. The lowest BCUT2D eigenvalue weighted by Crippen LogP contribution is -2.49. The van der Waals surface area contributed by atoms with E-state index in [4.69, 9.17) is 4.74 Å². The molecule has 132 valence electrons. The van der Waals surface area contributed by atoms with Crippen LogP contribution < -0.4 is 5.32 Å². The molecule has 24 heavy (non-hydrogen) atoms. The van der Waals surface area contributed by atoms with Crippen molar-refractivity contribution in [1.82, 2.24) is 24.8 Å². The first-order chi connectivity index (χ1) is 11.4. The Labute approximate surface area is 139 Å². The standard InChI is InChI=1S/C14H22N6O4/c1-18(2)14(23)16-11-8-15-20(17-11)9-12(21)19-7-5-4-6-10(19)13(22)24-3/h8,10H,4-7,9H2,1-3H3,(H,16,17,23). The first-order valence-corrected chi connectivity index (χ1v) is 7.68. The van der Waals surface area contributed by atoms with Crippen molar-refractivity contribution in [2.45, 2.75) is 31.8 Å². The maximum Gasteiger partial charge on any atom is 0.328 e. The summed E-state index contributed by atoms with van der Waals surface area (Å²) in [7, 11) is 4.52. The van der Waals surface area contributed by atoms with E-state index in [1.54, 1.807) is 14.1 Å². The molecule has 0 saturated carbocycles. The summed E-state index contributed by atoms with van der Waals surface area (Å²) >= 11 is 0. The zero-order valence-corrected chi connectivity index (χ0v) is 14.1. The molecule has 3 amide bonds. The van der Waals surface area contributed by atoms with Crippen LogP contribution in [0.1, 0.15) is 19.3 Å². The van der Waals surface area contributed by atoms with Crippen LogP contribution >= 0.6 is 0 Å². The van der Waals surface area contributed by atoms with Crippen LogP contribution in [0.4, 0.5) is 10.6 Å². The Hall–Kier alpha value is -2.65. The van der Waals surface area contributed by atoms with E-state index in [1.807, 2.05) is 0 Å². The zero-order chi connectivity index (χ0) is 17.7. The van der Waals surface area contributed by atoms with Gasteiger partial charge in [0.1, 0.15) is 12.6 Å². The Bertz CT molecular complexity index is 614. The van der Waals surface area contributed by atoms with Crippen molar-refractivity contribution in [3.8, 4) is 0 Å². The number of carbonyl (C=O) groups excluding carboxylic acids is 3. The Morgan fingerprint density at radius 2 is 2.12 bits per heavy atom. The highest BCUT2D eigenvalue weighted by atomic mass is 16.5. The second-order valence-electron chi connectivity index (χ2n) is 5.71. The predicted molar refractivity (Wildman–Crippen MR) is 84.1 cm³/mol. The highest BCUT2D eigenvalue weighted by Crippen LogP contribution is 2.18. The van der Waals surface area contributed by atoms with Gasteiger partial charge in [-0.3, -0.25) is 10.1 Å². The monoisotopic (exact) mass is 338 g/mol. The highest BCUT2D eigenvalue weighted by molar-refractivity contribution is 5.87. The molecule has 0 aliphatic carbocycles. The number of hydrogen-bond acceptors (Lipinski definition) is 6. The van der Waals surface area contributed by atoms with E-state index in [0.29, 0.717) is 13.0 Å². The van der Waals surface area contributed by atoms with Gasteiger partial charge in [0.25, 0.3) is 0 Å². The third-order valence-electron chi connectivity index (χ3n) is 3.75. The fraction of sp³-hybridized carbons (Fsp3) is 0.643. The van der Waals surface area contributed by atoms with Crippen LogP contribution in [0.25, 0.3) is 0 Å². The summed E-state index contributed by atoms with van der Waals surface area (Å²) in [5.41, 5.74) is 0. The number of carbonyl (C=O) groups is 3. The Kier molecular flexibility index (Phi) is 5.72. The predicted octanol–water partition coefficient (Wildman–Crippen LogP) is -0.0743. The minimum absolute atomic E-state index is 0.106. The van der Waals surface area contributed by atoms with E-state index in [-0.39, 0.29) is 24.3 Å². The van der Waals surface area contributed by atoms with Crippen molar-refractivity contribution in [2.24, 2.45) is 0 Å². The minimum Gasteiger partial charge on any atom is -0.467 e. The van der Waals surface area contributed by atoms with Gasteiger partial charge in [0.05, 0.1) is 13.3 Å². The summed E-state index contributed by atoms with van der Waals surface area (Å²) in [6.07, 6.45) is 3.68. The number of esters is 1. The lowest BCUT2D eigenvalue weighted by Gasteiger charge is -2.33. The summed E-state index contributed by atoms with van der Waals surface area (Å²) in [6, 6.07) is -0.894. The number of nitrogens with zero attached hydrogens (tertiary/aromatic N) is 5. The van der Waals surface area contributed by atoms with Gasteiger partial charge in [0.2, 0.25) is 5.91 Å². The van der Waals surface area contributed by atoms with Crippen LogP contribution in [0, 0.1) is 0 Å². The van der Waals surface area contributed by atoms with E-state index in [0.717, 1.165) is 12.8 Å². The number of piperidine rings is 1. The molecule has 0 aromatic carbocycles. The minimum atomic E-state index is -0.556. The first-order valence-electron chi connectivity index (χ1n) is 7.68. The molecular formula is C14H22N6O4. The molecule has 1 atom stereocenters. The van der Waals surface area contributed by atoms with Gasteiger partial charge in [-0.1, -0.05) is 0 Å². The fourth-order valence-corrected chi connectivity index (χ4v) is 2.48. The number of ether oxygens (including phenoxy) is 1. The Morgan fingerprint density at radius 1 is 1.38 bits per heavy atom. The number of hydrogen-bond donors (Lipinski definition) is 1. The third kappa shape index (κ3) is 4.21. The first kappa shape index (κ1) is 17.7. The number of nitrogens with one attached hydrogen (secondary N) is 1. The molecule has 0 spiro atoms. The van der Waals surface area contributed by atoms with Crippen molar-refractivity contribution >= 4 is 23.7 Å². The molecular weight excluding hydrogens is 316 g/mol. The molecule has 1 aromatic heterocycles. The molecule has 1 aliphatic rings.